The number of carbonyl (C=O) groups excluding carboxylic acids is 1. The summed E-state index contributed by atoms with van der Waals surface area (Å²) in [6.45, 7) is 0.899. The molecular weight excluding hydrogens is 430 g/mol. The van der Waals surface area contributed by atoms with Gasteiger partial charge in [-0.25, -0.2) is 4.98 Å². The van der Waals surface area contributed by atoms with Crippen LogP contribution in [0.2, 0.25) is 5.02 Å². The molecule has 0 atom stereocenters. The number of nitrogens with one attached hydrogen (secondary N) is 1. The maximum Gasteiger partial charge on any atom is 0.271 e. The van der Waals surface area contributed by atoms with E-state index in [0.29, 0.717) is 30.3 Å². The van der Waals surface area contributed by atoms with Crippen LogP contribution in [0.25, 0.3) is 0 Å². The Hall–Kier alpha value is -3.22. The molecule has 0 fully saturated rings. The van der Waals surface area contributed by atoms with Gasteiger partial charge in [-0.3, -0.25) is 9.78 Å². The molecule has 2 aromatic heterocycles. The first-order valence-corrected chi connectivity index (χ1v) is 11.0. The number of hydrogen-bond donors (Lipinski definition) is 1. The van der Waals surface area contributed by atoms with Crippen LogP contribution >= 0.6 is 22.9 Å². The van der Waals surface area contributed by atoms with Crippen LogP contribution in [0.5, 0.6) is 5.75 Å². The van der Waals surface area contributed by atoms with E-state index in [1.54, 1.807) is 17.8 Å². The Morgan fingerprint density at radius 3 is 2.65 bits per heavy atom. The molecular formula is C24H20ClN3O2S. The summed E-state index contributed by atoms with van der Waals surface area (Å²) < 4.78 is 6.03. The van der Waals surface area contributed by atoms with Crippen molar-refractivity contribution in [2.45, 2.75) is 19.6 Å². The fourth-order valence-electron chi connectivity index (χ4n) is 3.00. The van der Waals surface area contributed by atoms with E-state index in [9.17, 15) is 4.79 Å². The molecule has 0 saturated heterocycles. The van der Waals surface area contributed by atoms with Gasteiger partial charge < -0.3 is 10.1 Å². The minimum absolute atomic E-state index is 0.203. The number of ether oxygens (including phenoxy) is 1. The second-order valence-electron chi connectivity index (χ2n) is 6.87. The summed E-state index contributed by atoms with van der Waals surface area (Å²) >= 11 is 7.66. The van der Waals surface area contributed by atoms with Gasteiger partial charge in [0.05, 0.1) is 5.01 Å². The minimum atomic E-state index is -0.203. The molecule has 156 valence electrons. The van der Waals surface area contributed by atoms with Crippen molar-refractivity contribution >= 4 is 28.8 Å². The van der Waals surface area contributed by atoms with Gasteiger partial charge in [-0.05, 0) is 41.5 Å². The van der Waals surface area contributed by atoms with Gasteiger partial charge in [-0.1, -0.05) is 41.9 Å². The number of thiazole rings is 1. The first-order chi connectivity index (χ1) is 15.2. The number of pyridine rings is 1. The number of benzene rings is 2. The van der Waals surface area contributed by atoms with Gasteiger partial charge in [0.15, 0.2) is 0 Å². The predicted molar refractivity (Wildman–Crippen MR) is 123 cm³/mol. The molecule has 0 radical (unpaired) electrons. The number of halogens is 1. The summed E-state index contributed by atoms with van der Waals surface area (Å²) in [4.78, 5) is 20.9. The van der Waals surface area contributed by atoms with E-state index in [4.69, 9.17) is 16.3 Å². The first kappa shape index (κ1) is 21.0. The highest BCUT2D eigenvalue weighted by atomic mass is 35.5. The second-order valence-corrected chi connectivity index (χ2v) is 8.25. The Labute approximate surface area is 189 Å². The maximum atomic E-state index is 12.4. The molecule has 1 N–H and O–H groups in total. The van der Waals surface area contributed by atoms with Gasteiger partial charge in [0, 0.05) is 41.3 Å². The van der Waals surface area contributed by atoms with Gasteiger partial charge in [0.25, 0.3) is 5.91 Å². The largest absolute Gasteiger partial charge is 0.489 e. The zero-order valence-electron chi connectivity index (χ0n) is 16.6. The lowest BCUT2D eigenvalue weighted by Gasteiger charge is -2.11. The van der Waals surface area contributed by atoms with Crippen molar-refractivity contribution in [3.63, 3.8) is 0 Å². The van der Waals surface area contributed by atoms with Crippen molar-refractivity contribution < 1.29 is 9.53 Å². The summed E-state index contributed by atoms with van der Waals surface area (Å²) in [5.41, 5.74) is 3.41. The molecule has 1 amide bonds. The van der Waals surface area contributed by atoms with Crippen molar-refractivity contribution in [3.8, 4) is 5.75 Å². The fraction of sp³-hybridized carbons (Fsp3) is 0.125. The number of amides is 1. The van der Waals surface area contributed by atoms with Gasteiger partial charge in [-0.2, -0.15) is 0 Å². The maximum absolute atomic E-state index is 12.4. The van der Waals surface area contributed by atoms with E-state index in [1.807, 2.05) is 60.7 Å². The Morgan fingerprint density at radius 2 is 1.84 bits per heavy atom. The normalized spacial score (nSPS) is 10.6. The standard InChI is InChI=1S/C24H20ClN3O2S/c25-20-6-7-22(30-15-18-4-2-1-3-5-18)19(12-20)13-23-28-21(16-31-23)24(29)27-14-17-8-10-26-11-9-17/h1-12,16H,13-15H2,(H,27,29). The lowest BCUT2D eigenvalue weighted by molar-refractivity contribution is 0.0946. The monoisotopic (exact) mass is 449 g/mol. The van der Waals surface area contributed by atoms with Crippen molar-refractivity contribution in [2.75, 3.05) is 0 Å². The second kappa shape index (κ2) is 10.2. The minimum Gasteiger partial charge on any atom is -0.489 e. The molecule has 0 spiro atoms. The average molecular weight is 450 g/mol. The van der Waals surface area contributed by atoms with Crippen LogP contribution in [0.15, 0.2) is 78.4 Å². The molecule has 4 rings (SSSR count). The number of carbonyl (C=O) groups is 1. The molecule has 0 aliphatic heterocycles. The van der Waals surface area contributed by atoms with Gasteiger partial charge in [0.2, 0.25) is 0 Å². The molecule has 31 heavy (non-hydrogen) atoms. The predicted octanol–water partition coefficient (Wildman–Crippen LogP) is 5.29. The highest BCUT2D eigenvalue weighted by Gasteiger charge is 2.13. The van der Waals surface area contributed by atoms with E-state index < -0.39 is 0 Å². The summed E-state index contributed by atoms with van der Waals surface area (Å²) in [5.74, 6) is 0.554. The molecule has 7 heteroatoms. The first-order valence-electron chi connectivity index (χ1n) is 9.74. The van der Waals surface area contributed by atoms with Crippen LogP contribution < -0.4 is 10.1 Å². The SMILES string of the molecule is O=C(NCc1ccncc1)c1csc(Cc2cc(Cl)ccc2OCc2ccccc2)n1. The van der Waals surface area contributed by atoms with Crippen molar-refractivity contribution in [2.24, 2.45) is 0 Å². The van der Waals surface area contributed by atoms with E-state index in [0.717, 1.165) is 27.4 Å². The lowest BCUT2D eigenvalue weighted by atomic mass is 10.1. The fourth-order valence-corrected chi connectivity index (χ4v) is 3.99. The summed E-state index contributed by atoms with van der Waals surface area (Å²) in [6, 6.07) is 19.3. The molecule has 5 nitrogen and oxygen atoms in total. The third-order valence-corrected chi connectivity index (χ3v) is 5.67. The van der Waals surface area contributed by atoms with Crippen molar-refractivity contribution in [1.29, 1.82) is 0 Å². The summed E-state index contributed by atoms with van der Waals surface area (Å²) in [7, 11) is 0. The summed E-state index contributed by atoms with van der Waals surface area (Å²) in [6.07, 6.45) is 3.93. The van der Waals surface area contributed by atoms with Gasteiger partial charge in [0.1, 0.15) is 18.1 Å². The van der Waals surface area contributed by atoms with Crippen LogP contribution in [-0.2, 0) is 19.6 Å². The Morgan fingerprint density at radius 1 is 1.03 bits per heavy atom. The quantitative estimate of drug-likeness (QED) is 0.397. The molecule has 2 aromatic carbocycles. The van der Waals surface area contributed by atoms with Gasteiger partial charge >= 0.3 is 0 Å². The van der Waals surface area contributed by atoms with Crippen molar-refractivity contribution in [1.82, 2.24) is 15.3 Å². The molecule has 2 heterocycles. The topological polar surface area (TPSA) is 64.1 Å². The molecule has 0 unspecified atom stereocenters. The third kappa shape index (κ3) is 5.90. The third-order valence-electron chi connectivity index (χ3n) is 4.59. The van der Waals surface area contributed by atoms with Crippen LogP contribution in [0, 0.1) is 0 Å². The zero-order valence-corrected chi connectivity index (χ0v) is 18.2. The van der Waals surface area contributed by atoms with E-state index in [-0.39, 0.29) is 5.91 Å². The van der Waals surface area contributed by atoms with Crippen LogP contribution in [0.3, 0.4) is 0 Å². The Balaban J connectivity index is 1.41. The molecule has 0 aliphatic carbocycles. The van der Waals surface area contributed by atoms with Crippen LogP contribution in [0.4, 0.5) is 0 Å². The van der Waals surface area contributed by atoms with E-state index in [2.05, 4.69) is 15.3 Å². The summed E-state index contributed by atoms with van der Waals surface area (Å²) in [5, 5.41) is 6.11. The van der Waals surface area contributed by atoms with Crippen LogP contribution in [-0.4, -0.2) is 15.9 Å². The smallest absolute Gasteiger partial charge is 0.271 e. The van der Waals surface area contributed by atoms with E-state index in [1.165, 1.54) is 11.3 Å². The average Bonchev–Trinajstić information content (AvgIpc) is 3.27. The number of aromatic nitrogens is 2. The number of rotatable bonds is 8. The molecule has 4 aromatic rings. The Bertz CT molecular complexity index is 1150. The highest BCUT2D eigenvalue weighted by molar-refractivity contribution is 7.09. The molecule has 0 bridgehead atoms. The molecule has 0 saturated carbocycles. The lowest BCUT2D eigenvalue weighted by Crippen LogP contribution is -2.23. The number of hydrogen-bond acceptors (Lipinski definition) is 5. The Kier molecular flexibility index (Phi) is 6.92. The zero-order chi connectivity index (χ0) is 21.5. The molecule has 0 aliphatic rings. The highest BCUT2D eigenvalue weighted by Crippen LogP contribution is 2.27. The van der Waals surface area contributed by atoms with Gasteiger partial charge in [-0.15, -0.1) is 11.3 Å². The van der Waals surface area contributed by atoms with E-state index >= 15 is 0 Å². The van der Waals surface area contributed by atoms with Crippen LogP contribution in [0.1, 0.15) is 32.2 Å². The van der Waals surface area contributed by atoms with Crippen molar-refractivity contribution in [3.05, 3.63) is 111 Å². The number of nitrogens with zero attached hydrogens (tertiary/aromatic N) is 2.